The van der Waals surface area contributed by atoms with Crippen LogP contribution < -0.4 is 11.1 Å². The SMILES string of the molecule is CC(CNC(=O)CCCN)COCc1ccccc1. The molecule has 1 aromatic rings. The first-order chi connectivity index (χ1) is 9.22. The molecule has 0 heterocycles. The normalized spacial score (nSPS) is 12.1. The zero-order chi connectivity index (χ0) is 13.9. The standard InChI is InChI=1S/C15H24N2O2/c1-13(10-17-15(18)8-5-9-16)11-19-12-14-6-3-2-4-7-14/h2-4,6-7,13H,5,8-12,16H2,1H3,(H,17,18). The average Bonchev–Trinajstić information content (AvgIpc) is 2.44. The molecule has 0 saturated carbocycles. The van der Waals surface area contributed by atoms with Crippen LogP contribution in [0.1, 0.15) is 25.3 Å². The minimum atomic E-state index is 0.0698. The van der Waals surface area contributed by atoms with Gasteiger partial charge in [0.05, 0.1) is 13.2 Å². The van der Waals surface area contributed by atoms with E-state index in [1.54, 1.807) is 0 Å². The maximum atomic E-state index is 11.4. The van der Waals surface area contributed by atoms with Crippen molar-refractivity contribution in [1.29, 1.82) is 0 Å². The van der Waals surface area contributed by atoms with E-state index in [9.17, 15) is 4.79 Å². The fraction of sp³-hybridized carbons (Fsp3) is 0.533. The molecule has 1 aromatic carbocycles. The summed E-state index contributed by atoms with van der Waals surface area (Å²) in [5.74, 6) is 0.380. The van der Waals surface area contributed by atoms with E-state index >= 15 is 0 Å². The van der Waals surface area contributed by atoms with Crippen LogP contribution in [0.25, 0.3) is 0 Å². The Balaban J connectivity index is 2.08. The minimum Gasteiger partial charge on any atom is -0.376 e. The van der Waals surface area contributed by atoms with Crippen LogP contribution in [0.3, 0.4) is 0 Å². The van der Waals surface area contributed by atoms with Gasteiger partial charge in [0, 0.05) is 13.0 Å². The average molecular weight is 264 g/mol. The highest BCUT2D eigenvalue weighted by Crippen LogP contribution is 2.02. The van der Waals surface area contributed by atoms with Crippen LogP contribution >= 0.6 is 0 Å². The second-order valence-corrected chi connectivity index (χ2v) is 4.80. The van der Waals surface area contributed by atoms with Crippen molar-refractivity contribution in [1.82, 2.24) is 5.32 Å². The van der Waals surface area contributed by atoms with E-state index in [4.69, 9.17) is 10.5 Å². The monoisotopic (exact) mass is 264 g/mol. The van der Waals surface area contributed by atoms with Gasteiger partial charge in [-0.1, -0.05) is 37.3 Å². The lowest BCUT2D eigenvalue weighted by Gasteiger charge is -2.13. The number of nitrogens with one attached hydrogen (secondary N) is 1. The van der Waals surface area contributed by atoms with Crippen molar-refractivity contribution in [3.8, 4) is 0 Å². The summed E-state index contributed by atoms with van der Waals surface area (Å²) >= 11 is 0. The number of carbonyl (C=O) groups is 1. The molecule has 0 radical (unpaired) electrons. The Bertz CT molecular complexity index is 354. The molecule has 0 saturated heterocycles. The molecule has 0 spiro atoms. The molecular formula is C15H24N2O2. The number of amides is 1. The van der Waals surface area contributed by atoms with Gasteiger partial charge in [0.25, 0.3) is 0 Å². The van der Waals surface area contributed by atoms with Crippen molar-refractivity contribution in [3.63, 3.8) is 0 Å². The fourth-order valence-corrected chi connectivity index (χ4v) is 1.65. The zero-order valence-electron chi connectivity index (χ0n) is 11.6. The third-order valence-electron chi connectivity index (χ3n) is 2.77. The van der Waals surface area contributed by atoms with E-state index in [1.165, 1.54) is 5.56 Å². The molecule has 0 aliphatic rings. The molecule has 0 bridgehead atoms. The molecule has 1 atom stereocenters. The van der Waals surface area contributed by atoms with Gasteiger partial charge in [0.15, 0.2) is 0 Å². The summed E-state index contributed by atoms with van der Waals surface area (Å²) in [6.07, 6.45) is 1.25. The third-order valence-corrected chi connectivity index (χ3v) is 2.77. The molecule has 19 heavy (non-hydrogen) atoms. The summed E-state index contributed by atoms with van der Waals surface area (Å²) in [7, 11) is 0. The van der Waals surface area contributed by atoms with Crippen LogP contribution in [0.15, 0.2) is 30.3 Å². The number of hydrogen-bond acceptors (Lipinski definition) is 3. The van der Waals surface area contributed by atoms with Gasteiger partial charge in [-0.15, -0.1) is 0 Å². The quantitative estimate of drug-likeness (QED) is 0.713. The molecule has 0 aliphatic carbocycles. The molecule has 1 amide bonds. The van der Waals surface area contributed by atoms with Crippen molar-refractivity contribution in [2.75, 3.05) is 19.7 Å². The molecule has 106 valence electrons. The molecule has 0 aromatic heterocycles. The molecule has 0 aliphatic heterocycles. The van der Waals surface area contributed by atoms with Crippen molar-refractivity contribution >= 4 is 5.91 Å². The van der Waals surface area contributed by atoms with Crippen LogP contribution in [0.5, 0.6) is 0 Å². The minimum absolute atomic E-state index is 0.0698. The van der Waals surface area contributed by atoms with Crippen LogP contribution in [-0.4, -0.2) is 25.6 Å². The topological polar surface area (TPSA) is 64.4 Å². The fourth-order valence-electron chi connectivity index (χ4n) is 1.65. The number of rotatable bonds is 9. The van der Waals surface area contributed by atoms with Crippen molar-refractivity contribution in [2.45, 2.75) is 26.4 Å². The van der Waals surface area contributed by atoms with Gasteiger partial charge in [-0.3, -0.25) is 4.79 Å². The number of nitrogens with two attached hydrogens (primary N) is 1. The molecule has 0 fully saturated rings. The van der Waals surface area contributed by atoms with Crippen molar-refractivity contribution in [3.05, 3.63) is 35.9 Å². The summed E-state index contributed by atoms with van der Waals surface area (Å²) in [4.78, 5) is 11.4. The lowest BCUT2D eigenvalue weighted by atomic mass is 10.2. The number of benzene rings is 1. The first kappa shape index (κ1) is 15.7. The molecule has 1 rings (SSSR count). The van der Waals surface area contributed by atoms with E-state index in [1.807, 2.05) is 30.3 Å². The van der Waals surface area contributed by atoms with Gasteiger partial charge >= 0.3 is 0 Å². The second kappa shape index (κ2) is 9.53. The lowest BCUT2D eigenvalue weighted by molar-refractivity contribution is -0.121. The highest BCUT2D eigenvalue weighted by atomic mass is 16.5. The lowest BCUT2D eigenvalue weighted by Crippen LogP contribution is -2.30. The molecule has 3 N–H and O–H groups in total. The number of hydrogen-bond donors (Lipinski definition) is 2. The van der Waals surface area contributed by atoms with Crippen LogP contribution in [0.4, 0.5) is 0 Å². The predicted molar refractivity (Wildman–Crippen MR) is 76.6 cm³/mol. The van der Waals surface area contributed by atoms with E-state index in [0.717, 1.165) is 6.42 Å². The van der Waals surface area contributed by atoms with Crippen LogP contribution in [-0.2, 0) is 16.1 Å². The van der Waals surface area contributed by atoms with Gasteiger partial charge in [0.1, 0.15) is 0 Å². The zero-order valence-corrected chi connectivity index (χ0v) is 11.6. The Morgan fingerprint density at radius 3 is 2.79 bits per heavy atom. The Morgan fingerprint density at radius 1 is 1.37 bits per heavy atom. The summed E-state index contributed by atoms with van der Waals surface area (Å²) < 4.78 is 5.62. The smallest absolute Gasteiger partial charge is 0.220 e. The molecular weight excluding hydrogens is 240 g/mol. The Kier molecular flexibility index (Phi) is 7.86. The van der Waals surface area contributed by atoms with Crippen LogP contribution in [0.2, 0.25) is 0 Å². The van der Waals surface area contributed by atoms with Gasteiger partial charge in [-0.25, -0.2) is 0 Å². The van der Waals surface area contributed by atoms with E-state index in [-0.39, 0.29) is 5.91 Å². The highest BCUT2D eigenvalue weighted by molar-refractivity contribution is 5.75. The summed E-state index contributed by atoms with van der Waals surface area (Å²) in [5.41, 5.74) is 6.52. The predicted octanol–water partition coefficient (Wildman–Crippen LogP) is 1.69. The van der Waals surface area contributed by atoms with Crippen molar-refractivity contribution in [2.24, 2.45) is 11.7 Å². The Labute approximate surface area is 115 Å². The third kappa shape index (κ3) is 7.59. The summed E-state index contributed by atoms with van der Waals surface area (Å²) in [5, 5.41) is 2.89. The van der Waals surface area contributed by atoms with Crippen molar-refractivity contribution < 1.29 is 9.53 Å². The number of ether oxygens (including phenoxy) is 1. The molecule has 4 nitrogen and oxygen atoms in total. The van der Waals surface area contributed by atoms with Gasteiger partial charge in [0.2, 0.25) is 5.91 Å². The van der Waals surface area contributed by atoms with Crippen LogP contribution in [0, 0.1) is 5.92 Å². The second-order valence-electron chi connectivity index (χ2n) is 4.80. The first-order valence-electron chi connectivity index (χ1n) is 6.80. The summed E-state index contributed by atoms with van der Waals surface area (Å²) in [6.45, 7) is 4.54. The first-order valence-corrected chi connectivity index (χ1v) is 6.80. The number of carbonyl (C=O) groups excluding carboxylic acids is 1. The van der Waals surface area contributed by atoms with E-state index in [2.05, 4.69) is 12.2 Å². The maximum absolute atomic E-state index is 11.4. The van der Waals surface area contributed by atoms with Gasteiger partial charge in [-0.05, 0) is 24.4 Å². The Hall–Kier alpha value is -1.39. The largest absolute Gasteiger partial charge is 0.376 e. The molecule has 1 unspecified atom stereocenters. The highest BCUT2D eigenvalue weighted by Gasteiger charge is 2.05. The van der Waals surface area contributed by atoms with Gasteiger partial charge < -0.3 is 15.8 Å². The van der Waals surface area contributed by atoms with E-state index < -0.39 is 0 Å². The summed E-state index contributed by atoms with van der Waals surface area (Å²) in [6, 6.07) is 10.1. The Morgan fingerprint density at radius 2 is 2.11 bits per heavy atom. The van der Waals surface area contributed by atoms with Gasteiger partial charge in [-0.2, -0.15) is 0 Å². The molecule has 4 heteroatoms. The maximum Gasteiger partial charge on any atom is 0.220 e. The van der Waals surface area contributed by atoms with E-state index in [0.29, 0.717) is 38.6 Å².